The number of likely N-dealkylation sites (tertiary alicyclic amines) is 1. The first kappa shape index (κ1) is 18.9. The van der Waals surface area contributed by atoms with E-state index in [1.807, 2.05) is 0 Å². The highest BCUT2D eigenvalue weighted by molar-refractivity contribution is 7.18. The van der Waals surface area contributed by atoms with Crippen LogP contribution in [0.3, 0.4) is 0 Å². The van der Waals surface area contributed by atoms with E-state index in [1.54, 1.807) is 13.2 Å². The number of carbonyl (C=O) groups is 1. The van der Waals surface area contributed by atoms with E-state index >= 15 is 0 Å². The van der Waals surface area contributed by atoms with Crippen molar-refractivity contribution < 1.29 is 22.4 Å². The number of nitrogens with one attached hydrogen (secondary N) is 2. The Morgan fingerprint density at radius 3 is 2.66 bits per heavy atom. The van der Waals surface area contributed by atoms with E-state index in [-0.39, 0.29) is 6.54 Å². The summed E-state index contributed by atoms with van der Waals surface area (Å²) in [6, 6.07) is -1.28. The van der Waals surface area contributed by atoms with Crippen molar-refractivity contribution in [3.05, 3.63) is 22.8 Å². The molecule has 0 bridgehead atoms. The van der Waals surface area contributed by atoms with E-state index in [4.69, 9.17) is 0 Å². The zero-order valence-electron chi connectivity index (χ0n) is 15.5. The van der Waals surface area contributed by atoms with Gasteiger partial charge in [0, 0.05) is 47.6 Å². The highest BCUT2D eigenvalue weighted by atomic mass is 32.1. The number of halogens is 4. The third kappa shape index (κ3) is 3.10. The SMILES string of the molecule is CN1CC(F)(F)C[C@H]1[C@H]1CN2CC(F)(F)Cc3c(-c4cn[nH]c4)sc(c32)C(=O)N1. The summed E-state index contributed by atoms with van der Waals surface area (Å²) in [5.74, 6) is -6.23. The average Bonchev–Trinajstić information content (AvgIpc) is 3.28. The third-order valence-electron chi connectivity index (χ3n) is 5.87. The van der Waals surface area contributed by atoms with Crippen LogP contribution in [0, 0.1) is 0 Å². The molecule has 1 fully saturated rings. The number of amides is 1. The van der Waals surface area contributed by atoms with E-state index in [0.29, 0.717) is 26.6 Å². The summed E-state index contributed by atoms with van der Waals surface area (Å²) in [6.45, 7) is -0.876. The topological polar surface area (TPSA) is 64.3 Å². The monoisotopic (exact) mass is 429 g/mol. The lowest BCUT2D eigenvalue weighted by Gasteiger charge is -2.37. The summed E-state index contributed by atoms with van der Waals surface area (Å²) in [5.41, 5.74) is 1.57. The first-order chi connectivity index (χ1) is 13.6. The molecule has 3 aliphatic rings. The second kappa shape index (κ2) is 6.18. The van der Waals surface area contributed by atoms with Crippen LogP contribution in [0.1, 0.15) is 21.7 Å². The number of rotatable bonds is 2. The molecule has 29 heavy (non-hydrogen) atoms. The molecular formula is C18H19F4N5OS. The largest absolute Gasteiger partial charge is 0.362 e. The third-order valence-corrected chi connectivity index (χ3v) is 7.14. The zero-order valence-corrected chi connectivity index (χ0v) is 16.3. The number of H-pyrrole nitrogens is 1. The Bertz CT molecular complexity index is 960. The second-order valence-electron chi connectivity index (χ2n) is 8.11. The van der Waals surface area contributed by atoms with Crippen LogP contribution in [0.15, 0.2) is 12.4 Å². The summed E-state index contributed by atoms with van der Waals surface area (Å²) in [5, 5.41) is 9.39. The van der Waals surface area contributed by atoms with Crippen LogP contribution in [0.25, 0.3) is 10.4 Å². The molecule has 0 spiro atoms. The van der Waals surface area contributed by atoms with Crippen molar-refractivity contribution in [2.24, 2.45) is 0 Å². The van der Waals surface area contributed by atoms with Crippen LogP contribution in [0.4, 0.5) is 23.2 Å². The predicted molar refractivity (Wildman–Crippen MR) is 100 cm³/mol. The van der Waals surface area contributed by atoms with Gasteiger partial charge >= 0.3 is 0 Å². The van der Waals surface area contributed by atoms with E-state index < -0.39 is 55.8 Å². The number of aromatic amines is 1. The van der Waals surface area contributed by atoms with Gasteiger partial charge in [-0.3, -0.25) is 14.8 Å². The lowest BCUT2D eigenvalue weighted by molar-refractivity contribution is 0.00476. The molecule has 5 rings (SSSR count). The molecule has 2 aromatic heterocycles. The summed E-state index contributed by atoms with van der Waals surface area (Å²) in [7, 11) is 1.58. The highest BCUT2D eigenvalue weighted by Crippen LogP contribution is 2.48. The molecule has 1 amide bonds. The molecule has 0 saturated carbocycles. The molecule has 6 nitrogen and oxygen atoms in total. The quantitative estimate of drug-likeness (QED) is 0.721. The van der Waals surface area contributed by atoms with Gasteiger partial charge in [-0.15, -0.1) is 11.3 Å². The van der Waals surface area contributed by atoms with Gasteiger partial charge in [-0.1, -0.05) is 0 Å². The van der Waals surface area contributed by atoms with Gasteiger partial charge in [0.05, 0.1) is 31.0 Å². The number of anilines is 1. The lowest BCUT2D eigenvalue weighted by atomic mass is 9.96. The van der Waals surface area contributed by atoms with Gasteiger partial charge in [-0.05, 0) is 7.05 Å². The standard InChI is InChI=1S/C18H19F4N5OS/c1-26-7-18(21,22)3-12(26)11-6-27-8-17(19,20)2-10-13(27)15(16(28)25-11)29-14(10)9-4-23-24-5-9/h4-5,11-12H,2-3,6-8H2,1H3,(H,23,24)(H,25,28)/t11-,12+/m1/s1. The smallest absolute Gasteiger partial charge is 0.269 e. The van der Waals surface area contributed by atoms with Crippen molar-refractivity contribution in [2.75, 3.05) is 31.6 Å². The minimum absolute atomic E-state index is 0.0635. The molecular weight excluding hydrogens is 410 g/mol. The molecule has 0 unspecified atom stereocenters. The van der Waals surface area contributed by atoms with Crippen molar-refractivity contribution in [3.63, 3.8) is 0 Å². The van der Waals surface area contributed by atoms with Gasteiger partial charge in [0.25, 0.3) is 17.8 Å². The van der Waals surface area contributed by atoms with Gasteiger partial charge in [0.15, 0.2) is 0 Å². The van der Waals surface area contributed by atoms with E-state index in [9.17, 15) is 22.4 Å². The summed E-state index contributed by atoms with van der Waals surface area (Å²) in [6.07, 6.45) is 2.28. The number of alkyl halides is 4. The maximum atomic E-state index is 14.6. The Morgan fingerprint density at radius 1 is 1.21 bits per heavy atom. The predicted octanol–water partition coefficient (Wildman–Crippen LogP) is 2.59. The average molecular weight is 429 g/mol. The number of hydrogen-bond acceptors (Lipinski definition) is 5. The number of hydrogen-bond donors (Lipinski definition) is 2. The summed E-state index contributed by atoms with van der Waals surface area (Å²) in [4.78, 5) is 16.9. The minimum atomic E-state index is -2.98. The van der Waals surface area contributed by atoms with Crippen molar-refractivity contribution in [1.29, 1.82) is 0 Å². The first-order valence-electron chi connectivity index (χ1n) is 9.30. The van der Waals surface area contributed by atoms with Gasteiger partial charge < -0.3 is 10.2 Å². The number of thiophene rings is 1. The second-order valence-corrected chi connectivity index (χ2v) is 9.13. The number of nitrogens with zero attached hydrogens (tertiary/aromatic N) is 3. The summed E-state index contributed by atoms with van der Waals surface area (Å²) >= 11 is 1.15. The fraction of sp³-hybridized carbons (Fsp3) is 0.556. The van der Waals surface area contributed by atoms with Crippen molar-refractivity contribution in [3.8, 4) is 10.4 Å². The molecule has 5 heterocycles. The first-order valence-corrected chi connectivity index (χ1v) is 10.1. The Hall–Kier alpha value is -2.14. The zero-order chi connectivity index (χ0) is 20.6. The van der Waals surface area contributed by atoms with Gasteiger partial charge in [-0.2, -0.15) is 5.10 Å². The number of likely N-dealkylation sites (N-methyl/N-ethyl adjacent to an activating group) is 1. The highest BCUT2D eigenvalue weighted by Gasteiger charge is 2.50. The van der Waals surface area contributed by atoms with E-state index in [1.165, 1.54) is 16.0 Å². The van der Waals surface area contributed by atoms with E-state index in [0.717, 1.165) is 11.3 Å². The van der Waals surface area contributed by atoms with Crippen LogP contribution in [-0.4, -0.2) is 71.6 Å². The normalized spacial score (nSPS) is 28.2. The van der Waals surface area contributed by atoms with Crippen LogP contribution in [0.5, 0.6) is 0 Å². The lowest BCUT2D eigenvalue weighted by Crippen LogP contribution is -2.54. The molecule has 0 aromatic carbocycles. The molecule has 1 saturated heterocycles. The maximum absolute atomic E-state index is 14.6. The fourth-order valence-corrected chi connectivity index (χ4v) is 5.96. The Kier molecular flexibility index (Phi) is 4.02. The van der Waals surface area contributed by atoms with Crippen LogP contribution in [-0.2, 0) is 6.42 Å². The van der Waals surface area contributed by atoms with Crippen LogP contribution >= 0.6 is 11.3 Å². The van der Waals surface area contributed by atoms with Gasteiger partial charge in [0.1, 0.15) is 4.88 Å². The Labute approximate surface area is 167 Å². The Balaban J connectivity index is 1.56. The molecule has 2 aromatic rings. The molecule has 156 valence electrons. The Morgan fingerprint density at radius 2 is 2.00 bits per heavy atom. The molecule has 11 heteroatoms. The van der Waals surface area contributed by atoms with Crippen LogP contribution in [0.2, 0.25) is 0 Å². The molecule has 2 atom stereocenters. The maximum Gasteiger partial charge on any atom is 0.269 e. The van der Waals surface area contributed by atoms with E-state index in [2.05, 4.69) is 15.5 Å². The number of carbonyl (C=O) groups excluding carboxylic acids is 1. The van der Waals surface area contributed by atoms with Crippen molar-refractivity contribution in [2.45, 2.75) is 36.8 Å². The fourth-order valence-electron chi connectivity index (χ4n) is 4.74. The summed E-state index contributed by atoms with van der Waals surface area (Å²) < 4.78 is 57.0. The molecule has 2 N–H and O–H groups in total. The minimum Gasteiger partial charge on any atom is -0.362 e. The van der Waals surface area contributed by atoms with Crippen LogP contribution < -0.4 is 10.2 Å². The van der Waals surface area contributed by atoms with Crippen molar-refractivity contribution >= 4 is 22.9 Å². The number of aromatic nitrogens is 2. The van der Waals surface area contributed by atoms with Crippen molar-refractivity contribution in [1.82, 2.24) is 20.4 Å². The molecule has 3 aliphatic heterocycles. The molecule has 0 aliphatic carbocycles. The molecule has 0 radical (unpaired) electrons. The van der Waals surface area contributed by atoms with Gasteiger partial charge in [-0.25, -0.2) is 17.6 Å². The van der Waals surface area contributed by atoms with Gasteiger partial charge in [0.2, 0.25) is 0 Å².